The maximum atomic E-state index is 10.9. The number of anilines is 2. The van der Waals surface area contributed by atoms with E-state index in [1.54, 1.807) is 24.3 Å². The van der Waals surface area contributed by atoms with E-state index < -0.39 is 5.97 Å². The SMILES string of the molecule is O=C(O)c1ccc(Nc2ccc(Br)c3ccccc23)cc1. The first kappa shape index (κ1) is 13.6. The molecule has 0 saturated heterocycles. The van der Waals surface area contributed by atoms with Crippen molar-refractivity contribution in [3.8, 4) is 0 Å². The Labute approximate surface area is 130 Å². The fourth-order valence-electron chi connectivity index (χ4n) is 2.22. The van der Waals surface area contributed by atoms with E-state index in [-0.39, 0.29) is 5.56 Å². The van der Waals surface area contributed by atoms with Crippen LogP contribution in [0, 0.1) is 0 Å². The third-order valence-corrected chi connectivity index (χ3v) is 3.97. The Kier molecular flexibility index (Phi) is 3.62. The van der Waals surface area contributed by atoms with E-state index >= 15 is 0 Å². The maximum Gasteiger partial charge on any atom is 0.335 e. The summed E-state index contributed by atoms with van der Waals surface area (Å²) in [5.74, 6) is -0.921. The molecule has 0 aromatic heterocycles. The molecule has 0 radical (unpaired) electrons. The van der Waals surface area contributed by atoms with Gasteiger partial charge in [0.1, 0.15) is 0 Å². The fourth-order valence-corrected chi connectivity index (χ4v) is 2.70. The van der Waals surface area contributed by atoms with Gasteiger partial charge >= 0.3 is 5.97 Å². The smallest absolute Gasteiger partial charge is 0.335 e. The van der Waals surface area contributed by atoms with E-state index in [0.717, 1.165) is 26.6 Å². The first-order valence-corrected chi connectivity index (χ1v) is 7.22. The van der Waals surface area contributed by atoms with Crippen molar-refractivity contribution in [3.63, 3.8) is 0 Å². The van der Waals surface area contributed by atoms with Crippen LogP contribution < -0.4 is 5.32 Å². The second-order valence-electron chi connectivity index (χ2n) is 4.65. The summed E-state index contributed by atoms with van der Waals surface area (Å²) in [6.07, 6.45) is 0. The molecule has 2 N–H and O–H groups in total. The van der Waals surface area contributed by atoms with Crippen LogP contribution in [-0.4, -0.2) is 11.1 Å². The molecule has 3 nitrogen and oxygen atoms in total. The number of carbonyl (C=O) groups is 1. The topological polar surface area (TPSA) is 49.3 Å². The van der Waals surface area contributed by atoms with Crippen molar-refractivity contribution in [1.82, 2.24) is 0 Å². The van der Waals surface area contributed by atoms with Gasteiger partial charge < -0.3 is 10.4 Å². The zero-order chi connectivity index (χ0) is 14.8. The summed E-state index contributed by atoms with van der Waals surface area (Å²) >= 11 is 3.55. The second kappa shape index (κ2) is 5.58. The van der Waals surface area contributed by atoms with E-state index in [1.807, 2.05) is 30.3 Å². The molecule has 0 unspecified atom stereocenters. The summed E-state index contributed by atoms with van der Waals surface area (Å²) in [5.41, 5.74) is 2.12. The molecular formula is C17H12BrNO2. The first-order chi connectivity index (χ1) is 10.1. The van der Waals surface area contributed by atoms with Gasteiger partial charge in [-0.25, -0.2) is 4.79 Å². The van der Waals surface area contributed by atoms with Crippen LogP contribution >= 0.6 is 15.9 Å². The van der Waals surface area contributed by atoms with Gasteiger partial charge in [-0.2, -0.15) is 0 Å². The van der Waals surface area contributed by atoms with Gasteiger partial charge in [0.15, 0.2) is 0 Å². The normalized spacial score (nSPS) is 10.5. The van der Waals surface area contributed by atoms with Gasteiger partial charge in [0.2, 0.25) is 0 Å². The molecule has 0 atom stereocenters. The lowest BCUT2D eigenvalue weighted by molar-refractivity contribution is 0.0697. The Morgan fingerprint density at radius 1 is 0.905 bits per heavy atom. The molecule has 0 spiro atoms. The average Bonchev–Trinajstić information content (AvgIpc) is 2.51. The lowest BCUT2D eigenvalue weighted by Gasteiger charge is -2.11. The molecule has 0 saturated carbocycles. The van der Waals surface area contributed by atoms with Crippen molar-refractivity contribution in [2.75, 3.05) is 5.32 Å². The van der Waals surface area contributed by atoms with E-state index in [2.05, 4.69) is 27.3 Å². The Hall–Kier alpha value is -2.33. The first-order valence-electron chi connectivity index (χ1n) is 6.43. The van der Waals surface area contributed by atoms with E-state index in [4.69, 9.17) is 5.11 Å². The molecule has 104 valence electrons. The summed E-state index contributed by atoms with van der Waals surface area (Å²) in [4.78, 5) is 10.9. The molecule has 0 aliphatic carbocycles. The van der Waals surface area contributed by atoms with Crippen molar-refractivity contribution >= 4 is 44.0 Å². The number of hydrogen-bond acceptors (Lipinski definition) is 2. The van der Waals surface area contributed by atoms with Crippen LogP contribution in [0.1, 0.15) is 10.4 Å². The van der Waals surface area contributed by atoms with E-state index in [0.29, 0.717) is 0 Å². The number of benzene rings is 3. The molecule has 4 heteroatoms. The molecule has 3 rings (SSSR count). The number of aromatic carboxylic acids is 1. The highest BCUT2D eigenvalue weighted by Gasteiger charge is 2.05. The van der Waals surface area contributed by atoms with Crippen molar-refractivity contribution in [3.05, 3.63) is 70.7 Å². The third kappa shape index (κ3) is 2.76. The van der Waals surface area contributed by atoms with Crippen LogP contribution in [0.3, 0.4) is 0 Å². The molecule has 3 aromatic rings. The minimum Gasteiger partial charge on any atom is -0.478 e. The van der Waals surface area contributed by atoms with Crippen LogP contribution in [0.25, 0.3) is 10.8 Å². The van der Waals surface area contributed by atoms with Crippen LogP contribution in [0.4, 0.5) is 11.4 Å². The molecule has 0 aliphatic rings. The molecule has 21 heavy (non-hydrogen) atoms. The summed E-state index contributed by atoms with van der Waals surface area (Å²) in [7, 11) is 0. The van der Waals surface area contributed by atoms with Gasteiger partial charge in [-0.15, -0.1) is 0 Å². The van der Waals surface area contributed by atoms with Crippen LogP contribution in [0.5, 0.6) is 0 Å². The Morgan fingerprint density at radius 2 is 1.57 bits per heavy atom. The zero-order valence-corrected chi connectivity index (χ0v) is 12.6. The van der Waals surface area contributed by atoms with E-state index in [1.165, 1.54) is 0 Å². The van der Waals surface area contributed by atoms with Crippen LogP contribution in [0.2, 0.25) is 0 Å². The predicted octanol–water partition coefficient (Wildman–Crippen LogP) is 5.04. The Balaban J connectivity index is 1.98. The number of carboxylic acid groups (broad SMARTS) is 1. The van der Waals surface area contributed by atoms with Crippen LogP contribution in [0.15, 0.2) is 65.1 Å². The standard InChI is InChI=1S/C17H12BrNO2/c18-15-9-10-16(14-4-2-1-3-13(14)15)19-12-7-5-11(6-8-12)17(20)21/h1-10,19H,(H,20,21). The molecule has 3 aromatic carbocycles. The Bertz CT molecular complexity index is 813. The molecule has 0 bridgehead atoms. The van der Waals surface area contributed by atoms with Crippen molar-refractivity contribution < 1.29 is 9.90 Å². The lowest BCUT2D eigenvalue weighted by Crippen LogP contribution is -1.97. The molecule has 0 amide bonds. The summed E-state index contributed by atoms with van der Waals surface area (Å²) in [5, 5.41) is 14.5. The molecular weight excluding hydrogens is 330 g/mol. The average molecular weight is 342 g/mol. The van der Waals surface area contributed by atoms with Gasteiger partial charge in [-0.05, 0) is 41.8 Å². The minimum absolute atomic E-state index is 0.279. The van der Waals surface area contributed by atoms with Gasteiger partial charge in [0.05, 0.1) is 5.56 Å². The maximum absolute atomic E-state index is 10.9. The van der Waals surface area contributed by atoms with Crippen LogP contribution in [-0.2, 0) is 0 Å². The minimum atomic E-state index is -0.921. The van der Waals surface area contributed by atoms with Gasteiger partial charge in [0, 0.05) is 21.2 Å². The largest absolute Gasteiger partial charge is 0.478 e. The fraction of sp³-hybridized carbons (Fsp3) is 0. The number of halogens is 1. The third-order valence-electron chi connectivity index (χ3n) is 3.28. The molecule has 0 heterocycles. The van der Waals surface area contributed by atoms with Gasteiger partial charge in [-0.1, -0.05) is 40.2 Å². The predicted molar refractivity (Wildman–Crippen MR) is 88.3 cm³/mol. The quantitative estimate of drug-likeness (QED) is 0.701. The highest BCUT2D eigenvalue weighted by atomic mass is 79.9. The second-order valence-corrected chi connectivity index (χ2v) is 5.50. The van der Waals surface area contributed by atoms with Crippen molar-refractivity contribution in [2.24, 2.45) is 0 Å². The molecule has 0 aliphatic heterocycles. The highest BCUT2D eigenvalue weighted by Crippen LogP contribution is 2.31. The lowest BCUT2D eigenvalue weighted by atomic mass is 10.1. The number of fused-ring (bicyclic) bond motifs is 1. The number of nitrogens with one attached hydrogen (secondary N) is 1. The Morgan fingerprint density at radius 3 is 2.24 bits per heavy atom. The van der Waals surface area contributed by atoms with Crippen molar-refractivity contribution in [2.45, 2.75) is 0 Å². The molecule has 0 fully saturated rings. The highest BCUT2D eigenvalue weighted by molar-refractivity contribution is 9.10. The summed E-state index contributed by atoms with van der Waals surface area (Å²) in [6.45, 7) is 0. The number of carboxylic acids is 1. The summed E-state index contributed by atoms with van der Waals surface area (Å²) < 4.78 is 1.05. The summed E-state index contributed by atoms with van der Waals surface area (Å²) in [6, 6.07) is 18.8. The number of rotatable bonds is 3. The van der Waals surface area contributed by atoms with Gasteiger partial charge in [0.25, 0.3) is 0 Å². The van der Waals surface area contributed by atoms with Gasteiger partial charge in [-0.3, -0.25) is 0 Å². The monoisotopic (exact) mass is 341 g/mol. The van der Waals surface area contributed by atoms with Crippen molar-refractivity contribution in [1.29, 1.82) is 0 Å². The zero-order valence-electron chi connectivity index (χ0n) is 11.0. The number of hydrogen-bond donors (Lipinski definition) is 2. The van der Waals surface area contributed by atoms with E-state index in [9.17, 15) is 4.79 Å².